The van der Waals surface area contributed by atoms with Crippen LogP contribution in [0.1, 0.15) is 38.6 Å². The molecule has 0 saturated heterocycles. The zero-order valence-electron chi connectivity index (χ0n) is 11.1. The number of aromatic nitrogens is 2. The van der Waals surface area contributed by atoms with Gasteiger partial charge in [0.25, 0.3) is 0 Å². The fraction of sp³-hybridized carbons (Fsp3) is 0.727. The number of aromatic amines is 1. The smallest absolute Gasteiger partial charge is 0.244 e. The van der Waals surface area contributed by atoms with Gasteiger partial charge in [0.05, 0.1) is 11.4 Å². The number of aryl methyl sites for hydroxylation is 2. The van der Waals surface area contributed by atoms with Crippen LogP contribution in [0, 0.1) is 19.3 Å². The molecule has 0 fully saturated rings. The molecule has 0 amide bonds. The maximum Gasteiger partial charge on any atom is 0.244 e. The summed E-state index contributed by atoms with van der Waals surface area (Å²) < 4.78 is 26.7. The van der Waals surface area contributed by atoms with E-state index in [0.29, 0.717) is 17.9 Å². The van der Waals surface area contributed by atoms with Crippen molar-refractivity contribution < 1.29 is 8.42 Å². The minimum Gasteiger partial charge on any atom is -0.281 e. The third-order valence-electron chi connectivity index (χ3n) is 2.50. The van der Waals surface area contributed by atoms with Crippen molar-refractivity contribution in [2.24, 2.45) is 5.41 Å². The summed E-state index contributed by atoms with van der Waals surface area (Å²) in [5.74, 6) is 0. The first-order valence-electron chi connectivity index (χ1n) is 5.65. The lowest BCUT2D eigenvalue weighted by molar-refractivity contribution is 0.378. The SMILES string of the molecule is Cc1n[nH]c(C)c1S(=O)(=O)NCCC(C)(C)C. The average Bonchev–Trinajstić information content (AvgIpc) is 2.43. The summed E-state index contributed by atoms with van der Waals surface area (Å²) in [6.07, 6.45) is 0.794. The highest BCUT2D eigenvalue weighted by molar-refractivity contribution is 7.89. The van der Waals surface area contributed by atoms with Gasteiger partial charge in [-0.2, -0.15) is 5.10 Å². The molecule has 5 nitrogen and oxygen atoms in total. The minimum absolute atomic E-state index is 0.114. The molecule has 0 aromatic carbocycles. The summed E-state index contributed by atoms with van der Waals surface area (Å²) in [4.78, 5) is 0.270. The molecule has 17 heavy (non-hydrogen) atoms. The zero-order chi connectivity index (χ0) is 13.3. The summed E-state index contributed by atoms with van der Waals surface area (Å²) in [6, 6.07) is 0. The number of rotatable bonds is 4. The molecule has 0 aliphatic heterocycles. The normalized spacial score (nSPS) is 13.0. The Morgan fingerprint density at radius 3 is 2.29 bits per heavy atom. The second-order valence-electron chi connectivity index (χ2n) is 5.47. The van der Waals surface area contributed by atoms with Crippen molar-refractivity contribution in [2.45, 2.75) is 45.9 Å². The van der Waals surface area contributed by atoms with Gasteiger partial charge in [-0.1, -0.05) is 20.8 Å². The second-order valence-corrected chi connectivity index (χ2v) is 7.18. The summed E-state index contributed by atoms with van der Waals surface area (Å²) >= 11 is 0. The van der Waals surface area contributed by atoms with Crippen LogP contribution in [0.2, 0.25) is 0 Å². The van der Waals surface area contributed by atoms with E-state index in [-0.39, 0.29) is 10.3 Å². The Balaban J connectivity index is 2.77. The van der Waals surface area contributed by atoms with E-state index in [1.54, 1.807) is 13.8 Å². The molecule has 1 aromatic heterocycles. The maximum atomic E-state index is 12.0. The molecule has 1 rings (SSSR count). The van der Waals surface area contributed by atoms with E-state index in [2.05, 4.69) is 35.7 Å². The van der Waals surface area contributed by atoms with E-state index in [4.69, 9.17) is 0 Å². The number of H-pyrrole nitrogens is 1. The number of hydrogen-bond donors (Lipinski definition) is 2. The Bertz CT molecular complexity index is 464. The maximum absolute atomic E-state index is 12.0. The Morgan fingerprint density at radius 2 is 1.88 bits per heavy atom. The summed E-state index contributed by atoms with van der Waals surface area (Å²) in [5.41, 5.74) is 1.19. The number of hydrogen-bond acceptors (Lipinski definition) is 3. The van der Waals surface area contributed by atoms with Crippen LogP contribution < -0.4 is 4.72 Å². The van der Waals surface area contributed by atoms with Crippen LogP contribution in [0.3, 0.4) is 0 Å². The van der Waals surface area contributed by atoms with Gasteiger partial charge in [-0.15, -0.1) is 0 Å². The quantitative estimate of drug-likeness (QED) is 0.865. The van der Waals surface area contributed by atoms with E-state index < -0.39 is 10.0 Å². The van der Waals surface area contributed by atoms with Gasteiger partial charge in [0.2, 0.25) is 10.0 Å². The molecule has 0 atom stereocenters. The second kappa shape index (κ2) is 4.78. The molecule has 1 aromatic rings. The Labute approximate surface area is 103 Å². The lowest BCUT2D eigenvalue weighted by Gasteiger charge is -2.18. The monoisotopic (exact) mass is 259 g/mol. The van der Waals surface area contributed by atoms with Crippen LogP contribution in [0.4, 0.5) is 0 Å². The van der Waals surface area contributed by atoms with Crippen LogP contribution in [0.25, 0.3) is 0 Å². The van der Waals surface area contributed by atoms with Gasteiger partial charge in [0.15, 0.2) is 0 Å². The fourth-order valence-corrected chi connectivity index (χ4v) is 2.97. The first kappa shape index (κ1) is 14.2. The van der Waals surface area contributed by atoms with Crippen molar-refractivity contribution in [2.75, 3.05) is 6.54 Å². The Kier molecular flexibility index (Phi) is 3.99. The molecule has 0 saturated carbocycles. The van der Waals surface area contributed by atoms with E-state index in [0.717, 1.165) is 6.42 Å². The summed E-state index contributed by atoms with van der Waals surface area (Å²) in [7, 11) is -3.44. The molecule has 0 unspecified atom stereocenters. The predicted molar refractivity (Wildman–Crippen MR) is 67.3 cm³/mol. The molecule has 0 aliphatic carbocycles. The van der Waals surface area contributed by atoms with Crippen molar-refractivity contribution >= 4 is 10.0 Å². The number of sulfonamides is 1. The van der Waals surface area contributed by atoms with Crippen molar-refractivity contribution in [1.82, 2.24) is 14.9 Å². The lowest BCUT2D eigenvalue weighted by Crippen LogP contribution is -2.28. The third-order valence-corrected chi connectivity index (χ3v) is 4.22. The van der Waals surface area contributed by atoms with Crippen LogP contribution >= 0.6 is 0 Å². The highest BCUT2D eigenvalue weighted by Crippen LogP contribution is 2.19. The van der Waals surface area contributed by atoms with Gasteiger partial charge in [-0.25, -0.2) is 13.1 Å². The van der Waals surface area contributed by atoms with Gasteiger partial charge in [0.1, 0.15) is 4.90 Å². The molecule has 2 N–H and O–H groups in total. The van der Waals surface area contributed by atoms with E-state index >= 15 is 0 Å². The third kappa shape index (κ3) is 3.81. The fourth-order valence-electron chi connectivity index (χ4n) is 1.57. The van der Waals surface area contributed by atoms with Crippen LogP contribution in [0.15, 0.2) is 4.90 Å². The first-order valence-corrected chi connectivity index (χ1v) is 7.13. The predicted octanol–water partition coefficient (Wildman–Crippen LogP) is 1.74. The largest absolute Gasteiger partial charge is 0.281 e. The van der Waals surface area contributed by atoms with Crippen molar-refractivity contribution in [3.63, 3.8) is 0 Å². The lowest BCUT2D eigenvalue weighted by atomic mass is 9.93. The molecule has 1 heterocycles. The number of nitrogens with one attached hydrogen (secondary N) is 2. The van der Waals surface area contributed by atoms with Gasteiger partial charge >= 0.3 is 0 Å². The van der Waals surface area contributed by atoms with E-state index in [1.807, 2.05) is 0 Å². The van der Waals surface area contributed by atoms with E-state index in [9.17, 15) is 8.42 Å². The van der Waals surface area contributed by atoms with Gasteiger partial charge < -0.3 is 0 Å². The molecule has 0 radical (unpaired) electrons. The first-order chi connectivity index (χ1) is 7.63. The minimum atomic E-state index is -3.44. The highest BCUT2D eigenvalue weighted by Gasteiger charge is 2.22. The molecule has 0 spiro atoms. The van der Waals surface area contributed by atoms with Gasteiger partial charge in [-0.05, 0) is 25.7 Å². The highest BCUT2D eigenvalue weighted by atomic mass is 32.2. The van der Waals surface area contributed by atoms with Gasteiger partial charge in [-0.3, -0.25) is 5.10 Å². The molecule has 0 aliphatic rings. The zero-order valence-corrected chi connectivity index (χ0v) is 11.9. The van der Waals surface area contributed by atoms with E-state index in [1.165, 1.54) is 0 Å². The number of nitrogens with zero attached hydrogens (tertiary/aromatic N) is 1. The molecule has 0 bridgehead atoms. The van der Waals surface area contributed by atoms with Crippen molar-refractivity contribution in [3.8, 4) is 0 Å². The Hall–Kier alpha value is -0.880. The molecule has 6 heteroatoms. The summed E-state index contributed by atoms with van der Waals surface area (Å²) in [6.45, 7) is 10.1. The van der Waals surface area contributed by atoms with Crippen LogP contribution in [-0.4, -0.2) is 25.2 Å². The molecular weight excluding hydrogens is 238 g/mol. The Morgan fingerprint density at radius 1 is 1.29 bits per heavy atom. The topological polar surface area (TPSA) is 74.8 Å². The standard InChI is InChI=1S/C11H21N3O2S/c1-8-10(9(2)14-13-8)17(15,16)12-7-6-11(3,4)5/h12H,6-7H2,1-5H3,(H,13,14). The van der Waals surface area contributed by atoms with Crippen molar-refractivity contribution in [3.05, 3.63) is 11.4 Å². The average molecular weight is 259 g/mol. The molecule has 98 valence electrons. The molecular formula is C11H21N3O2S. The van der Waals surface area contributed by atoms with Gasteiger partial charge in [0, 0.05) is 6.54 Å². The van der Waals surface area contributed by atoms with Crippen LogP contribution in [0.5, 0.6) is 0 Å². The van der Waals surface area contributed by atoms with Crippen LogP contribution in [-0.2, 0) is 10.0 Å². The van der Waals surface area contributed by atoms with Crippen molar-refractivity contribution in [1.29, 1.82) is 0 Å². The summed E-state index contributed by atoms with van der Waals surface area (Å²) in [5, 5.41) is 6.58.